The lowest BCUT2D eigenvalue weighted by atomic mass is 10.1. The molecule has 3 heterocycles. The van der Waals surface area contributed by atoms with Crippen molar-refractivity contribution in [3.63, 3.8) is 0 Å². The molecular formula is C24H25N5O3. The molecule has 0 N–H and O–H groups in total. The molecule has 3 amide bonds. The highest BCUT2D eigenvalue weighted by atomic mass is 16.5. The molecule has 8 nitrogen and oxygen atoms in total. The van der Waals surface area contributed by atoms with Crippen LogP contribution < -0.4 is 9.64 Å². The number of hydrogen-bond acceptors (Lipinski definition) is 6. The molecule has 3 aliphatic rings. The smallest absolute Gasteiger partial charge is 0.328 e. The first-order valence-corrected chi connectivity index (χ1v) is 10.7. The van der Waals surface area contributed by atoms with Gasteiger partial charge in [0.25, 0.3) is 5.91 Å². The number of carbonyl (C=O) groups excluding carboxylic acids is 2. The second-order valence-electron chi connectivity index (χ2n) is 8.12. The van der Waals surface area contributed by atoms with Gasteiger partial charge in [-0.15, -0.1) is 6.58 Å². The lowest BCUT2D eigenvalue weighted by molar-refractivity contribution is -0.138. The predicted octanol–water partition coefficient (Wildman–Crippen LogP) is 3.13. The fourth-order valence-corrected chi connectivity index (χ4v) is 4.44. The Balaban J connectivity index is 1.38. The van der Waals surface area contributed by atoms with E-state index in [9.17, 15) is 9.59 Å². The molecule has 0 radical (unpaired) electrons. The molecule has 2 fully saturated rings. The summed E-state index contributed by atoms with van der Waals surface area (Å²) in [6, 6.07) is 16.2. The number of rotatable bonds is 5. The van der Waals surface area contributed by atoms with Crippen LogP contribution in [0, 0.1) is 0 Å². The first-order chi connectivity index (χ1) is 15.5. The Bertz CT molecular complexity index is 1080. The summed E-state index contributed by atoms with van der Waals surface area (Å²) >= 11 is 0. The first kappa shape index (κ1) is 20.1. The molecule has 2 aromatic rings. The van der Waals surface area contributed by atoms with Crippen LogP contribution in [0.25, 0.3) is 0 Å². The number of para-hydroxylation sites is 1. The number of nitrogens with zero attached hydrogens (tertiary/aromatic N) is 5. The van der Waals surface area contributed by atoms with Gasteiger partial charge in [-0.2, -0.15) is 0 Å². The van der Waals surface area contributed by atoms with Gasteiger partial charge in [0.2, 0.25) is 5.96 Å². The standard InChI is InChI=1S/C24H25N5O3/c1-4-16(2)29-22(30)20-21(26(3)24(29)31)25-23-27(14-15-28(20)23)17-10-12-19(13-11-17)32-18-8-6-5-7-9-18/h4-13,16,20-21H,1,14-15H2,2-3H3. The average molecular weight is 431 g/mol. The Morgan fingerprint density at radius 2 is 1.75 bits per heavy atom. The van der Waals surface area contributed by atoms with Gasteiger partial charge in [0.15, 0.2) is 12.2 Å². The SMILES string of the molecule is C=CC(C)N1C(=O)C2C(N=C3N(c4ccc(Oc5ccccc5)cc4)CCN32)N(C)C1=O. The number of guanidine groups is 1. The number of ether oxygens (including phenoxy) is 1. The minimum absolute atomic E-state index is 0.224. The number of amides is 3. The van der Waals surface area contributed by atoms with Crippen molar-refractivity contribution in [3.8, 4) is 11.5 Å². The minimum Gasteiger partial charge on any atom is -0.457 e. The van der Waals surface area contributed by atoms with Crippen LogP contribution in [0.3, 0.4) is 0 Å². The summed E-state index contributed by atoms with van der Waals surface area (Å²) < 4.78 is 5.88. The normalized spacial score (nSPS) is 23.1. The summed E-state index contributed by atoms with van der Waals surface area (Å²) in [4.78, 5) is 37.8. The summed E-state index contributed by atoms with van der Waals surface area (Å²) in [6.07, 6.45) is 1.08. The molecule has 3 unspecified atom stereocenters. The van der Waals surface area contributed by atoms with Crippen molar-refractivity contribution >= 4 is 23.6 Å². The molecule has 0 aliphatic carbocycles. The van der Waals surface area contributed by atoms with Gasteiger partial charge in [0.05, 0.1) is 6.04 Å². The van der Waals surface area contributed by atoms with Gasteiger partial charge in [0, 0.05) is 25.8 Å². The van der Waals surface area contributed by atoms with Crippen LogP contribution in [0.2, 0.25) is 0 Å². The van der Waals surface area contributed by atoms with E-state index >= 15 is 0 Å². The van der Waals surface area contributed by atoms with E-state index in [0.29, 0.717) is 13.1 Å². The van der Waals surface area contributed by atoms with E-state index in [1.54, 1.807) is 24.9 Å². The maximum atomic E-state index is 13.2. The Kier molecular flexibility index (Phi) is 4.84. The second kappa shape index (κ2) is 7.71. The highest BCUT2D eigenvalue weighted by molar-refractivity contribution is 6.08. The number of aliphatic imine (C=N–C) groups is 1. The van der Waals surface area contributed by atoms with Gasteiger partial charge in [-0.3, -0.25) is 9.69 Å². The fourth-order valence-electron chi connectivity index (χ4n) is 4.44. The number of urea groups is 1. The van der Waals surface area contributed by atoms with Gasteiger partial charge in [-0.25, -0.2) is 9.79 Å². The van der Waals surface area contributed by atoms with Crippen molar-refractivity contribution < 1.29 is 14.3 Å². The molecule has 0 bridgehead atoms. The molecule has 3 aliphatic heterocycles. The highest BCUT2D eigenvalue weighted by Gasteiger charge is 2.55. The molecule has 5 rings (SSSR count). The molecule has 2 saturated heterocycles. The number of fused-ring (bicyclic) bond motifs is 3. The Morgan fingerprint density at radius 1 is 1.06 bits per heavy atom. The lowest BCUT2D eigenvalue weighted by Gasteiger charge is -2.42. The third-order valence-corrected chi connectivity index (χ3v) is 6.20. The molecule has 3 atom stereocenters. The third-order valence-electron chi connectivity index (χ3n) is 6.20. The molecule has 0 saturated carbocycles. The molecule has 2 aromatic carbocycles. The van der Waals surface area contributed by atoms with Gasteiger partial charge < -0.3 is 19.4 Å². The van der Waals surface area contributed by atoms with Crippen molar-refractivity contribution in [3.05, 3.63) is 67.3 Å². The predicted molar refractivity (Wildman–Crippen MR) is 122 cm³/mol. The zero-order valence-electron chi connectivity index (χ0n) is 18.1. The topological polar surface area (TPSA) is 68.7 Å². The number of carbonyl (C=O) groups is 2. The molecule has 8 heteroatoms. The van der Waals surface area contributed by atoms with E-state index in [0.717, 1.165) is 23.1 Å². The average Bonchev–Trinajstić information content (AvgIpc) is 3.38. The van der Waals surface area contributed by atoms with E-state index in [2.05, 4.69) is 11.5 Å². The minimum atomic E-state index is -0.526. The van der Waals surface area contributed by atoms with Gasteiger partial charge in [0.1, 0.15) is 11.5 Å². The lowest BCUT2D eigenvalue weighted by Crippen LogP contribution is -2.66. The third kappa shape index (κ3) is 3.10. The monoisotopic (exact) mass is 431 g/mol. The molecule has 0 aromatic heterocycles. The number of imide groups is 1. The summed E-state index contributed by atoms with van der Waals surface area (Å²) in [7, 11) is 1.70. The number of benzene rings is 2. The van der Waals surface area contributed by atoms with Crippen molar-refractivity contribution in [2.75, 3.05) is 25.0 Å². The number of anilines is 1. The zero-order chi connectivity index (χ0) is 22.4. The Labute approximate surface area is 187 Å². The van der Waals surface area contributed by atoms with Crippen LogP contribution in [0.15, 0.2) is 72.2 Å². The van der Waals surface area contributed by atoms with Crippen LogP contribution in [0.4, 0.5) is 10.5 Å². The summed E-state index contributed by atoms with van der Waals surface area (Å²) in [5, 5.41) is 0. The molecule has 0 spiro atoms. The summed E-state index contributed by atoms with van der Waals surface area (Å²) in [6.45, 7) is 6.91. The first-order valence-electron chi connectivity index (χ1n) is 10.7. The fraction of sp³-hybridized carbons (Fsp3) is 0.292. The highest BCUT2D eigenvalue weighted by Crippen LogP contribution is 2.34. The van der Waals surface area contributed by atoms with Crippen LogP contribution in [0.5, 0.6) is 11.5 Å². The number of hydrogen-bond donors (Lipinski definition) is 0. The van der Waals surface area contributed by atoms with Crippen LogP contribution in [-0.4, -0.2) is 71.0 Å². The zero-order valence-corrected chi connectivity index (χ0v) is 18.1. The number of likely N-dealkylation sites (N-methyl/N-ethyl adjacent to an activating group) is 1. The van der Waals surface area contributed by atoms with Crippen molar-refractivity contribution in [2.45, 2.75) is 25.2 Å². The Hall–Kier alpha value is -3.81. The van der Waals surface area contributed by atoms with Gasteiger partial charge in [-0.1, -0.05) is 24.3 Å². The van der Waals surface area contributed by atoms with Gasteiger partial charge >= 0.3 is 6.03 Å². The van der Waals surface area contributed by atoms with Crippen LogP contribution in [0.1, 0.15) is 6.92 Å². The van der Waals surface area contributed by atoms with Crippen molar-refractivity contribution in [1.82, 2.24) is 14.7 Å². The largest absolute Gasteiger partial charge is 0.457 e. The quantitative estimate of drug-likeness (QED) is 0.681. The van der Waals surface area contributed by atoms with E-state index in [-0.39, 0.29) is 18.0 Å². The van der Waals surface area contributed by atoms with Crippen LogP contribution in [-0.2, 0) is 4.79 Å². The molecule has 164 valence electrons. The maximum absolute atomic E-state index is 13.2. The van der Waals surface area contributed by atoms with E-state index in [1.807, 2.05) is 59.5 Å². The van der Waals surface area contributed by atoms with Gasteiger partial charge in [-0.05, 0) is 43.3 Å². The second-order valence-corrected chi connectivity index (χ2v) is 8.12. The van der Waals surface area contributed by atoms with Crippen LogP contribution >= 0.6 is 0 Å². The van der Waals surface area contributed by atoms with Crippen molar-refractivity contribution in [1.29, 1.82) is 0 Å². The molecule has 32 heavy (non-hydrogen) atoms. The van der Waals surface area contributed by atoms with E-state index in [4.69, 9.17) is 9.73 Å². The van der Waals surface area contributed by atoms with E-state index < -0.39 is 12.2 Å². The van der Waals surface area contributed by atoms with Crippen molar-refractivity contribution in [2.24, 2.45) is 4.99 Å². The van der Waals surface area contributed by atoms with E-state index in [1.165, 1.54) is 4.90 Å². The maximum Gasteiger partial charge on any atom is 0.328 e. The Morgan fingerprint density at radius 3 is 2.44 bits per heavy atom. The summed E-state index contributed by atoms with van der Waals surface area (Å²) in [5.41, 5.74) is 0.961. The molecular weight excluding hydrogens is 406 g/mol. The summed E-state index contributed by atoms with van der Waals surface area (Å²) in [5.74, 6) is 2.02.